The lowest BCUT2D eigenvalue weighted by molar-refractivity contribution is -0.120. The van der Waals surface area contributed by atoms with Gasteiger partial charge in [-0.15, -0.1) is 0 Å². The summed E-state index contributed by atoms with van der Waals surface area (Å²) in [7, 11) is 1.59. The van der Waals surface area contributed by atoms with Gasteiger partial charge >= 0.3 is 0 Å². The van der Waals surface area contributed by atoms with Gasteiger partial charge in [0.05, 0.1) is 30.0 Å². The van der Waals surface area contributed by atoms with Gasteiger partial charge in [0.25, 0.3) is 11.8 Å². The summed E-state index contributed by atoms with van der Waals surface area (Å²) in [5.74, 6) is 0.483. The molecule has 2 aromatic carbocycles. The van der Waals surface area contributed by atoms with Crippen molar-refractivity contribution in [3.05, 3.63) is 65.4 Å². The molecule has 2 amide bonds. The van der Waals surface area contributed by atoms with Crippen LogP contribution < -0.4 is 9.64 Å². The Morgan fingerprint density at radius 1 is 1.03 bits per heavy atom. The van der Waals surface area contributed by atoms with E-state index in [0.717, 1.165) is 25.9 Å². The van der Waals surface area contributed by atoms with E-state index in [4.69, 9.17) is 10.00 Å². The maximum absolute atomic E-state index is 13.5. The number of hydrogen-bond donors (Lipinski definition) is 0. The Bertz CT molecular complexity index is 1050. The second-order valence-corrected chi connectivity index (χ2v) is 7.75. The minimum atomic E-state index is -0.344. The summed E-state index contributed by atoms with van der Waals surface area (Å²) >= 11 is 0. The summed E-state index contributed by atoms with van der Waals surface area (Å²) in [6, 6.07) is 15.8. The zero-order chi connectivity index (χ0) is 21.3. The summed E-state index contributed by atoms with van der Waals surface area (Å²) < 4.78 is 5.23. The Kier molecular flexibility index (Phi) is 5.28. The van der Waals surface area contributed by atoms with Gasteiger partial charge in [0.15, 0.2) is 0 Å². The van der Waals surface area contributed by atoms with Crippen molar-refractivity contribution in [2.45, 2.75) is 19.8 Å². The minimum absolute atomic E-state index is 0.315. The topological polar surface area (TPSA) is 73.6 Å². The van der Waals surface area contributed by atoms with E-state index < -0.39 is 0 Å². The Labute approximate surface area is 176 Å². The number of carbonyl (C=O) groups is 2. The SMILES string of the molecule is COc1ccc(C2=C(N3CCCC(C)C3)C(=O)N(c3ccc(C#N)cc3)C2=O)cc1. The monoisotopic (exact) mass is 401 g/mol. The zero-order valence-corrected chi connectivity index (χ0v) is 17.1. The van der Waals surface area contributed by atoms with Gasteiger partial charge in [0, 0.05) is 13.1 Å². The second kappa shape index (κ2) is 8.03. The number of benzene rings is 2. The molecular formula is C24H23N3O3. The van der Waals surface area contributed by atoms with Gasteiger partial charge in [-0.25, -0.2) is 4.90 Å². The molecule has 6 nitrogen and oxygen atoms in total. The van der Waals surface area contributed by atoms with E-state index >= 15 is 0 Å². The molecule has 1 saturated heterocycles. The molecule has 1 atom stereocenters. The molecule has 2 aromatic rings. The molecule has 30 heavy (non-hydrogen) atoms. The number of imide groups is 1. The largest absolute Gasteiger partial charge is 0.497 e. The molecular weight excluding hydrogens is 378 g/mol. The summed E-state index contributed by atoms with van der Waals surface area (Å²) in [5.41, 5.74) is 2.52. The molecule has 0 saturated carbocycles. The average Bonchev–Trinajstić information content (AvgIpc) is 3.04. The van der Waals surface area contributed by atoms with Gasteiger partial charge in [0.1, 0.15) is 11.4 Å². The van der Waals surface area contributed by atoms with Crippen molar-refractivity contribution in [2.75, 3.05) is 25.1 Å². The van der Waals surface area contributed by atoms with Gasteiger partial charge < -0.3 is 9.64 Å². The third-order valence-corrected chi connectivity index (χ3v) is 5.67. The number of nitriles is 1. The molecule has 0 radical (unpaired) electrons. The number of anilines is 1. The van der Waals surface area contributed by atoms with Crippen LogP contribution in [0.1, 0.15) is 30.9 Å². The zero-order valence-electron chi connectivity index (χ0n) is 17.1. The van der Waals surface area contributed by atoms with Gasteiger partial charge in [-0.3, -0.25) is 9.59 Å². The average molecular weight is 401 g/mol. The van der Waals surface area contributed by atoms with Crippen molar-refractivity contribution >= 4 is 23.1 Å². The van der Waals surface area contributed by atoms with Crippen molar-refractivity contribution in [1.82, 2.24) is 4.90 Å². The predicted octanol–water partition coefficient (Wildman–Crippen LogP) is 3.58. The van der Waals surface area contributed by atoms with Crippen LogP contribution in [-0.2, 0) is 9.59 Å². The van der Waals surface area contributed by atoms with Gasteiger partial charge in [-0.2, -0.15) is 5.26 Å². The highest BCUT2D eigenvalue weighted by Crippen LogP contribution is 2.36. The molecule has 4 rings (SSSR count). The molecule has 152 valence electrons. The Morgan fingerprint density at radius 2 is 1.73 bits per heavy atom. The number of methoxy groups -OCH3 is 1. The molecule has 0 bridgehead atoms. The lowest BCUT2D eigenvalue weighted by Crippen LogP contribution is -2.39. The molecule has 6 heteroatoms. The fourth-order valence-corrected chi connectivity index (χ4v) is 4.14. The Hall–Kier alpha value is -3.59. The van der Waals surface area contributed by atoms with E-state index in [1.807, 2.05) is 12.1 Å². The summed E-state index contributed by atoms with van der Waals surface area (Å²) in [5, 5.41) is 9.05. The lowest BCUT2D eigenvalue weighted by Gasteiger charge is -2.33. The number of likely N-dealkylation sites (tertiary alicyclic amines) is 1. The van der Waals surface area contributed by atoms with Crippen LogP contribution in [-0.4, -0.2) is 36.9 Å². The van der Waals surface area contributed by atoms with Crippen molar-refractivity contribution in [3.8, 4) is 11.8 Å². The van der Waals surface area contributed by atoms with Crippen LogP contribution in [0.4, 0.5) is 5.69 Å². The van der Waals surface area contributed by atoms with Crippen molar-refractivity contribution in [1.29, 1.82) is 5.26 Å². The van der Waals surface area contributed by atoms with Crippen molar-refractivity contribution < 1.29 is 14.3 Å². The first-order chi connectivity index (χ1) is 14.5. The van der Waals surface area contributed by atoms with Crippen LogP contribution in [0.3, 0.4) is 0 Å². The first-order valence-corrected chi connectivity index (χ1v) is 10.1. The number of nitrogens with zero attached hydrogens (tertiary/aromatic N) is 3. The molecule has 2 aliphatic heterocycles. The number of carbonyl (C=O) groups excluding carboxylic acids is 2. The highest BCUT2D eigenvalue weighted by molar-refractivity contribution is 6.45. The summed E-state index contributed by atoms with van der Waals surface area (Å²) in [4.78, 5) is 30.3. The van der Waals surface area contributed by atoms with E-state index in [9.17, 15) is 9.59 Å². The standard InChI is InChI=1S/C24H23N3O3/c1-16-4-3-13-26(15-16)22-21(18-7-11-20(30-2)12-8-18)23(28)27(24(22)29)19-9-5-17(14-25)6-10-19/h5-12,16H,3-4,13,15H2,1-2H3. The van der Waals surface area contributed by atoms with Gasteiger partial charge in [0.2, 0.25) is 0 Å². The second-order valence-electron chi connectivity index (χ2n) is 7.75. The molecule has 0 aromatic heterocycles. The van der Waals surface area contributed by atoms with E-state index in [2.05, 4.69) is 17.9 Å². The molecule has 0 N–H and O–H groups in total. The predicted molar refractivity (Wildman–Crippen MR) is 114 cm³/mol. The minimum Gasteiger partial charge on any atom is -0.497 e. The summed E-state index contributed by atoms with van der Waals surface area (Å²) in [6.45, 7) is 3.66. The number of ether oxygens (including phenoxy) is 1. The molecule has 2 aliphatic rings. The fraction of sp³-hybridized carbons (Fsp3) is 0.292. The van der Waals surface area contributed by atoms with Crippen LogP contribution in [0.15, 0.2) is 54.2 Å². The Morgan fingerprint density at radius 3 is 2.33 bits per heavy atom. The van der Waals surface area contributed by atoms with Crippen LogP contribution >= 0.6 is 0 Å². The van der Waals surface area contributed by atoms with E-state index in [-0.39, 0.29) is 11.8 Å². The smallest absolute Gasteiger partial charge is 0.282 e. The molecule has 1 fully saturated rings. The molecule has 1 unspecified atom stereocenters. The molecule has 2 heterocycles. The normalized spacial score (nSPS) is 19.3. The first-order valence-electron chi connectivity index (χ1n) is 10.1. The van der Waals surface area contributed by atoms with E-state index in [0.29, 0.717) is 39.8 Å². The third-order valence-electron chi connectivity index (χ3n) is 5.67. The third kappa shape index (κ3) is 3.43. The van der Waals surface area contributed by atoms with Crippen molar-refractivity contribution in [2.24, 2.45) is 5.92 Å². The maximum atomic E-state index is 13.5. The van der Waals surface area contributed by atoms with Gasteiger partial charge in [-0.05, 0) is 60.7 Å². The van der Waals surface area contributed by atoms with Crippen LogP contribution in [0.5, 0.6) is 5.75 Å². The lowest BCUT2D eigenvalue weighted by atomic mass is 9.98. The first kappa shape index (κ1) is 19.7. The molecule has 0 spiro atoms. The number of piperidine rings is 1. The highest BCUT2D eigenvalue weighted by Gasteiger charge is 2.43. The van der Waals surface area contributed by atoms with Crippen molar-refractivity contribution in [3.63, 3.8) is 0 Å². The number of amides is 2. The van der Waals surface area contributed by atoms with Crippen LogP contribution in [0.2, 0.25) is 0 Å². The quantitative estimate of drug-likeness (QED) is 0.732. The number of rotatable bonds is 4. The van der Waals surface area contributed by atoms with Gasteiger partial charge in [-0.1, -0.05) is 19.1 Å². The Balaban J connectivity index is 1.80. The van der Waals surface area contributed by atoms with Crippen LogP contribution in [0, 0.1) is 17.2 Å². The fourth-order valence-electron chi connectivity index (χ4n) is 4.14. The summed E-state index contributed by atoms with van der Waals surface area (Å²) in [6.07, 6.45) is 2.10. The van der Waals surface area contributed by atoms with E-state index in [1.165, 1.54) is 4.90 Å². The molecule has 0 aliphatic carbocycles. The van der Waals surface area contributed by atoms with E-state index in [1.54, 1.807) is 43.5 Å². The van der Waals surface area contributed by atoms with Crippen LogP contribution in [0.25, 0.3) is 5.57 Å². The maximum Gasteiger partial charge on any atom is 0.282 e. The number of hydrogen-bond acceptors (Lipinski definition) is 5. The highest BCUT2D eigenvalue weighted by atomic mass is 16.5.